The van der Waals surface area contributed by atoms with Crippen molar-refractivity contribution in [2.45, 2.75) is 27.3 Å². The third kappa shape index (κ3) is 4.63. The van der Waals surface area contributed by atoms with Gasteiger partial charge in [-0.05, 0) is 17.0 Å². The van der Waals surface area contributed by atoms with E-state index in [-0.39, 0.29) is 5.41 Å². The summed E-state index contributed by atoms with van der Waals surface area (Å²) in [5, 5.41) is 15.0. The molecule has 0 atom stereocenters. The highest BCUT2D eigenvalue weighted by atomic mass is 35.5. The summed E-state index contributed by atoms with van der Waals surface area (Å²) >= 11 is 6.18. The van der Waals surface area contributed by atoms with Gasteiger partial charge in [0, 0.05) is 18.1 Å². The van der Waals surface area contributed by atoms with Crippen molar-refractivity contribution in [3.63, 3.8) is 0 Å². The van der Waals surface area contributed by atoms with Gasteiger partial charge in [0.1, 0.15) is 11.4 Å². The molecule has 0 spiro atoms. The summed E-state index contributed by atoms with van der Waals surface area (Å²) in [6.45, 7) is 7.63. The van der Waals surface area contributed by atoms with E-state index in [4.69, 9.17) is 23.1 Å². The van der Waals surface area contributed by atoms with E-state index in [0.717, 1.165) is 12.1 Å². The molecule has 0 aliphatic rings. The average Bonchev–Trinajstić information content (AvgIpc) is 2.47. The second-order valence-electron chi connectivity index (χ2n) is 6.58. The van der Waals surface area contributed by atoms with E-state index in [1.54, 1.807) is 0 Å². The normalized spacial score (nSPS) is 11.3. The molecule has 2 aromatic rings. The van der Waals surface area contributed by atoms with Crippen molar-refractivity contribution in [2.75, 3.05) is 28.6 Å². The molecule has 23 heavy (non-hydrogen) atoms. The molecule has 0 radical (unpaired) electrons. The zero-order chi connectivity index (χ0) is 17.0. The zero-order valence-electron chi connectivity index (χ0n) is 13.7. The summed E-state index contributed by atoms with van der Waals surface area (Å²) in [5.74, 6) is 0.604. The van der Waals surface area contributed by atoms with Crippen LogP contribution in [0.3, 0.4) is 0 Å². The van der Waals surface area contributed by atoms with Crippen molar-refractivity contribution in [2.24, 2.45) is 5.41 Å². The lowest BCUT2D eigenvalue weighted by atomic mass is 9.97. The number of benzene rings is 1. The third-order valence-electron chi connectivity index (χ3n) is 3.24. The molecule has 7 heteroatoms. The van der Waals surface area contributed by atoms with Crippen LogP contribution in [0, 0.1) is 5.41 Å². The number of nitrogen functional groups attached to an aromatic ring is 2. The molecule has 124 valence electrons. The van der Waals surface area contributed by atoms with E-state index >= 15 is 0 Å². The average molecular weight is 335 g/mol. The topological polar surface area (TPSA) is 102 Å². The number of nitrogens with two attached hydrogens (primary N) is 2. The summed E-state index contributed by atoms with van der Waals surface area (Å²) in [4.78, 5) is 0. The van der Waals surface area contributed by atoms with Crippen molar-refractivity contribution < 1.29 is 0 Å². The Morgan fingerprint density at radius 1 is 1.00 bits per heavy atom. The number of nitrogens with one attached hydrogen (secondary N) is 2. The minimum atomic E-state index is 0.0878. The van der Waals surface area contributed by atoms with Gasteiger partial charge in [-0.3, -0.25) is 0 Å². The van der Waals surface area contributed by atoms with Gasteiger partial charge in [-0.15, -0.1) is 10.2 Å². The molecule has 1 aromatic heterocycles. The molecule has 6 N–H and O–H groups in total. The summed E-state index contributed by atoms with van der Waals surface area (Å²) in [7, 11) is 0. The quantitative estimate of drug-likeness (QED) is 0.668. The molecule has 6 nitrogen and oxygen atoms in total. The molecule has 0 unspecified atom stereocenters. The Balaban J connectivity index is 2.23. The SMILES string of the molecule is CC(C)(C)CNc1c(N)nnc(N)c1NCc1ccccc1Cl. The van der Waals surface area contributed by atoms with Crippen LogP contribution < -0.4 is 22.1 Å². The number of aromatic nitrogens is 2. The number of anilines is 4. The van der Waals surface area contributed by atoms with Gasteiger partial charge in [0.15, 0.2) is 11.6 Å². The van der Waals surface area contributed by atoms with Gasteiger partial charge in [0.25, 0.3) is 0 Å². The van der Waals surface area contributed by atoms with Crippen LogP contribution in [-0.4, -0.2) is 16.7 Å². The highest BCUT2D eigenvalue weighted by Crippen LogP contribution is 2.32. The van der Waals surface area contributed by atoms with Gasteiger partial charge in [0.2, 0.25) is 0 Å². The van der Waals surface area contributed by atoms with E-state index in [9.17, 15) is 0 Å². The van der Waals surface area contributed by atoms with Crippen molar-refractivity contribution in [3.8, 4) is 0 Å². The smallest absolute Gasteiger partial charge is 0.171 e. The Morgan fingerprint density at radius 3 is 2.13 bits per heavy atom. The molecule has 0 aliphatic carbocycles. The van der Waals surface area contributed by atoms with E-state index in [2.05, 4.69) is 41.6 Å². The Kier molecular flexibility index (Phi) is 5.15. The van der Waals surface area contributed by atoms with Crippen LogP contribution in [0.5, 0.6) is 0 Å². The maximum absolute atomic E-state index is 6.18. The fourth-order valence-corrected chi connectivity index (χ4v) is 2.20. The van der Waals surface area contributed by atoms with Crippen molar-refractivity contribution in [1.29, 1.82) is 0 Å². The van der Waals surface area contributed by atoms with E-state index in [1.165, 1.54) is 0 Å². The number of nitrogens with zero attached hydrogens (tertiary/aromatic N) is 2. The molecule has 2 rings (SSSR count). The van der Waals surface area contributed by atoms with Crippen LogP contribution >= 0.6 is 11.6 Å². The van der Waals surface area contributed by atoms with E-state index in [1.807, 2.05) is 24.3 Å². The van der Waals surface area contributed by atoms with Gasteiger partial charge in [-0.2, -0.15) is 0 Å². The molecule has 1 heterocycles. The first kappa shape index (κ1) is 17.1. The highest BCUT2D eigenvalue weighted by Gasteiger charge is 2.16. The van der Waals surface area contributed by atoms with Gasteiger partial charge in [0.05, 0.1) is 0 Å². The maximum Gasteiger partial charge on any atom is 0.171 e. The monoisotopic (exact) mass is 334 g/mol. The van der Waals surface area contributed by atoms with Crippen LogP contribution in [-0.2, 0) is 6.54 Å². The molecule has 0 saturated carbocycles. The van der Waals surface area contributed by atoms with Gasteiger partial charge in [-0.25, -0.2) is 0 Å². The van der Waals surface area contributed by atoms with Crippen LogP contribution in [0.1, 0.15) is 26.3 Å². The molecule has 0 aliphatic heterocycles. The summed E-state index contributed by atoms with van der Waals surface area (Å²) in [5.41, 5.74) is 14.3. The van der Waals surface area contributed by atoms with Crippen LogP contribution in [0.2, 0.25) is 5.02 Å². The lowest BCUT2D eigenvalue weighted by Gasteiger charge is -2.22. The molecule has 0 bridgehead atoms. The predicted molar refractivity (Wildman–Crippen MR) is 97.6 cm³/mol. The molecule has 0 saturated heterocycles. The minimum absolute atomic E-state index is 0.0878. The van der Waals surface area contributed by atoms with Crippen molar-refractivity contribution >= 4 is 34.6 Å². The molecule has 0 fully saturated rings. The maximum atomic E-state index is 6.18. The Morgan fingerprint density at radius 2 is 1.57 bits per heavy atom. The summed E-state index contributed by atoms with van der Waals surface area (Å²) in [6.07, 6.45) is 0. The number of hydrogen-bond donors (Lipinski definition) is 4. The van der Waals surface area contributed by atoms with Crippen LogP contribution in [0.25, 0.3) is 0 Å². The number of rotatable bonds is 5. The lowest BCUT2D eigenvalue weighted by molar-refractivity contribution is 0.443. The van der Waals surface area contributed by atoms with Crippen LogP contribution in [0.4, 0.5) is 23.0 Å². The number of halogens is 1. The zero-order valence-corrected chi connectivity index (χ0v) is 14.4. The Labute approximate surface area is 141 Å². The first-order valence-corrected chi connectivity index (χ1v) is 7.78. The van der Waals surface area contributed by atoms with Crippen molar-refractivity contribution in [1.82, 2.24) is 10.2 Å². The summed E-state index contributed by atoms with van der Waals surface area (Å²) in [6, 6.07) is 7.62. The standard InChI is InChI=1S/C16H23ClN6/c1-16(2,3)9-21-13-12(14(18)22-23-15(13)19)20-8-10-6-4-5-7-11(10)17/h4-7H,8-9H2,1-3H3,(H3,18,21,22)(H3,19,20,23). The van der Waals surface area contributed by atoms with E-state index in [0.29, 0.717) is 34.6 Å². The molecule has 1 aromatic carbocycles. The second kappa shape index (κ2) is 6.91. The second-order valence-corrected chi connectivity index (χ2v) is 6.99. The first-order chi connectivity index (χ1) is 10.8. The lowest BCUT2D eigenvalue weighted by Crippen LogP contribution is -2.21. The third-order valence-corrected chi connectivity index (χ3v) is 3.61. The fraction of sp³-hybridized carbons (Fsp3) is 0.375. The highest BCUT2D eigenvalue weighted by molar-refractivity contribution is 6.31. The number of hydrogen-bond acceptors (Lipinski definition) is 6. The Bertz CT molecular complexity index is 681. The van der Waals surface area contributed by atoms with Crippen LogP contribution in [0.15, 0.2) is 24.3 Å². The molecular weight excluding hydrogens is 312 g/mol. The predicted octanol–water partition coefficient (Wildman–Crippen LogP) is 3.36. The first-order valence-electron chi connectivity index (χ1n) is 7.41. The van der Waals surface area contributed by atoms with Gasteiger partial charge in [-0.1, -0.05) is 50.6 Å². The molecule has 0 amide bonds. The van der Waals surface area contributed by atoms with Crippen molar-refractivity contribution in [3.05, 3.63) is 34.9 Å². The largest absolute Gasteiger partial charge is 0.380 e. The van der Waals surface area contributed by atoms with Gasteiger partial charge < -0.3 is 22.1 Å². The van der Waals surface area contributed by atoms with E-state index < -0.39 is 0 Å². The van der Waals surface area contributed by atoms with Gasteiger partial charge >= 0.3 is 0 Å². The fourth-order valence-electron chi connectivity index (χ4n) is 2.00. The minimum Gasteiger partial charge on any atom is -0.380 e. The molecular formula is C16H23ClN6. The Hall–Kier alpha value is -2.21. The summed E-state index contributed by atoms with van der Waals surface area (Å²) < 4.78 is 0.